The summed E-state index contributed by atoms with van der Waals surface area (Å²) in [5.74, 6) is 1.90. The molecule has 0 saturated carbocycles. The van der Waals surface area contributed by atoms with Crippen LogP contribution < -0.4 is 10.6 Å². The maximum atomic E-state index is 10.7. The largest absolute Gasteiger partial charge is 0.368 e. The fourth-order valence-electron chi connectivity index (χ4n) is 3.46. The molecule has 0 radical (unpaired) electrons. The smallest absolute Gasteiger partial charge is 0.287 e. The number of rotatable bonds is 8. The second-order valence-corrected chi connectivity index (χ2v) is 7.46. The Morgan fingerprint density at radius 1 is 0.853 bits per heavy atom. The molecular formula is C24H20N8O2. The highest BCUT2D eigenvalue weighted by atomic mass is 16.6. The van der Waals surface area contributed by atoms with Crippen LogP contribution in [0.25, 0.3) is 33.7 Å². The van der Waals surface area contributed by atoms with E-state index in [4.69, 9.17) is 0 Å². The minimum absolute atomic E-state index is 0.0421. The zero-order chi connectivity index (χ0) is 23.3. The molecule has 10 heteroatoms. The summed E-state index contributed by atoms with van der Waals surface area (Å²) in [6.07, 6.45) is 2.94. The quantitative estimate of drug-likeness (QED) is 0.178. The van der Waals surface area contributed by atoms with E-state index in [-0.39, 0.29) is 5.69 Å². The van der Waals surface area contributed by atoms with E-state index in [9.17, 15) is 10.1 Å². The van der Waals surface area contributed by atoms with E-state index in [1.54, 1.807) is 12.3 Å². The number of nitro groups is 1. The van der Waals surface area contributed by atoms with E-state index < -0.39 is 4.92 Å². The second-order valence-electron chi connectivity index (χ2n) is 7.46. The molecule has 0 fully saturated rings. The minimum Gasteiger partial charge on any atom is -0.368 e. The van der Waals surface area contributed by atoms with Crippen molar-refractivity contribution in [1.82, 2.24) is 24.9 Å². The average Bonchev–Trinajstić information content (AvgIpc) is 3.32. The molecule has 10 nitrogen and oxygen atoms in total. The molecule has 0 amide bonds. The minimum atomic E-state index is -0.477. The maximum Gasteiger partial charge on any atom is 0.287 e. The lowest BCUT2D eigenvalue weighted by atomic mass is 10.1. The molecule has 0 aliphatic heterocycles. The molecule has 0 spiro atoms. The van der Waals surface area contributed by atoms with Crippen molar-refractivity contribution in [2.45, 2.75) is 0 Å². The lowest BCUT2D eigenvalue weighted by Crippen LogP contribution is -2.15. The number of imidazole rings is 1. The van der Waals surface area contributed by atoms with Gasteiger partial charge in [-0.3, -0.25) is 10.1 Å². The number of benzene rings is 2. The van der Waals surface area contributed by atoms with E-state index in [2.05, 4.69) is 35.6 Å². The van der Waals surface area contributed by atoms with Gasteiger partial charge in [0.05, 0.1) is 21.7 Å². The standard InChI is InChI=1S/C24H20N8O2/c33-32(34)18-9-10-22(28-15-18)25-13-14-27-24-26-12-11-19(31-24)16-5-7-17(8-6-16)23-29-20-3-1-2-4-21(20)30-23/h1-12,15H,13-14H2,(H,25,28)(H,29,30)(H,26,27,31). The van der Waals surface area contributed by atoms with Crippen LogP contribution in [0.4, 0.5) is 17.5 Å². The summed E-state index contributed by atoms with van der Waals surface area (Å²) in [4.78, 5) is 31.1. The third kappa shape index (κ3) is 4.65. The second kappa shape index (κ2) is 9.33. The van der Waals surface area contributed by atoms with Crippen molar-refractivity contribution < 1.29 is 4.92 Å². The topological polar surface area (TPSA) is 135 Å². The molecule has 3 N–H and O–H groups in total. The highest BCUT2D eigenvalue weighted by molar-refractivity contribution is 5.79. The molecule has 0 atom stereocenters. The molecule has 0 aliphatic carbocycles. The van der Waals surface area contributed by atoms with Gasteiger partial charge in [0, 0.05) is 36.5 Å². The number of H-pyrrole nitrogens is 1. The number of pyridine rings is 1. The molecule has 0 aliphatic rings. The molecule has 3 heterocycles. The third-order valence-corrected chi connectivity index (χ3v) is 5.17. The van der Waals surface area contributed by atoms with Gasteiger partial charge < -0.3 is 15.6 Å². The third-order valence-electron chi connectivity index (χ3n) is 5.17. The molecule has 5 aromatic rings. The molecule has 5 rings (SSSR count). The number of hydrogen-bond acceptors (Lipinski definition) is 8. The molecule has 0 unspecified atom stereocenters. The van der Waals surface area contributed by atoms with Crippen LogP contribution in [0, 0.1) is 10.1 Å². The first-order chi connectivity index (χ1) is 16.7. The first-order valence-corrected chi connectivity index (χ1v) is 10.6. The van der Waals surface area contributed by atoms with Gasteiger partial charge in [-0.15, -0.1) is 0 Å². The lowest BCUT2D eigenvalue weighted by Gasteiger charge is -2.08. The zero-order valence-corrected chi connectivity index (χ0v) is 18.0. The Morgan fingerprint density at radius 2 is 1.65 bits per heavy atom. The fraction of sp³-hybridized carbons (Fsp3) is 0.0833. The van der Waals surface area contributed by atoms with E-state index in [1.165, 1.54) is 12.3 Å². The number of anilines is 2. The Morgan fingerprint density at radius 3 is 2.41 bits per heavy atom. The number of nitrogens with one attached hydrogen (secondary N) is 3. The van der Waals surface area contributed by atoms with E-state index in [0.29, 0.717) is 24.9 Å². The van der Waals surface area contributed by atoms with Crippen LogP contribution in [0.3, 0.4) is 0 Å². The van der Waals surface area contributed by atoms with Crippen LogP contribution in [0.1, 0.15) is 0 Å². The average molecular weight is 452 g/mol. The molecule has 34 heavy (non-hydrogen) atoms. The molecule has 3 aromatic heterocycles. The van der Waals surface area contributed by atoms with Crippen molar-refractivity contribution in [3.8, 4) is 22.6 Å². The van der Waals surface area contributed by atoms with Crippen LogP contribution in [-0.2, 0) is 0 Å². The summed E-state index contributed by atoms with van der Waals surface area (Å²) in [5.41, 5.74) is 4.67. The maximum absolute atomic E-state index is 10.7. The van der Waals surface area contributed by atoms with Gasteiger partial charge in [0.25, 0.3) is 5.69 Å². The van der Waals surface area contributed by atoms with Crippen molar-refractivity contribution in [1.29, 1.82) is 0 Å². The van der Waals surface area contributed by atoms with Crippen molar-refractivity contribution in [2.75, 3.05) is 23.7 Å². The van der Waals surface area contributed by atoms with Crippen LogP contribution in [0.15, 0.2) is 79.1 Å². The molecule has 2 aromatic carbocycles. The molecule has 168 valence electrons. The number of hydrogen-bond donors (Lipinski definition) is 3. The first-order valence-electron chi connectivity index (χ1n) is 10.6. The number of nitrogens with zero attached hydrogens (tertiary/aromatic N) is 5. The normalized spacial score (nSPS) is 10.8. The SMILES string of the molecule is O=[N+]([O-])c1ccc(NCCNc2nccc(-c3ccc(-c4nc5ccccc5[nH]4)cc3)n2)nc1. The van der Waals surface area contributed by atoms with Crippen LogP contribution in [-0.4, -0.2) is 42.9 Å². The predicted molar refractivity (Wildman–Crippen MR) is 130 cm³/mol. The van der Waals surface area contributed by atoms with Gasteiger partial charge in [-0.05, 0) is 24.3 Å². The fourth-order valence-corrected chi connectivity index (χ4v) is 3.46. The van der Waals surface area contributed by atoms with Gasteiger partial charge in [0.15, 0.2) is 0 Å². The Kier molecular flexibility index (Phi) is 5.76. The Bertz CT molecular complexity index is 1400. The number of aromatic nitrogens is 5. The van der Waals surface area contributed by atoms with Crippen molar-refractivity contribution in [3.63, 3.8) is 0 Å². The highest BCUT2D eigenvalue weighted by Crippen LogP contribution is 2.24. The van der Waals surface area contributed by atoms with Gasteiger partial charge in [-0.1, -0.05) is 36.4 Å². The summed E-state index contributed by atoms with van der Waals surface area (Å²) >= 11 is 0. The summed E-state index contributed by atoms with van der Waals surface area (Å²) < 4.78 is 0. The highest BCUT2D eigenvalue weighted by Gasteiger charge is 2.07. The molecule has 0 bridgehead atoms. The van der Waals surface area contributed by atoms with Crippen LogP contribution in [0.5, 0.6) is 0 Å². The van der Waals surface area contributed by atoms with E-state index >= 15 is 0 Å². The molecular weight excluding hydrogens is 432 g/mol. The van der Waals surface area contributed by atoms with Gasteiger partial charge in [-0.2, -0.15) is 0 Å². The lowest BCUT2D eigenvalue weighted by molar-refractivity contribution is -0.385. The zero-order valence-electron chi connectivity index (χ0n) is 18.0. The van der Waals surface area contributed by atoms with E-state index in [0.717, 1.165) is 33.7 Å². The van der Waals surface area contributed by atoms with E-state index in [1.807, 2.05) is 54.6 Å². The van der Waals surface area contributed by atoms with Gasteiger partial charge in [0.2, 0.25) is 5.95 Å². The number of aromatic amines is 1. The van der Waals surface area contributed by atoms with Crippen molar-refractivity contribution >= 4 is 28.5 Å². The van der Waals surface area contributed by atoms with Crippen LogP contribution in [0.2, 0.25) is 0 Å². The summed E-state index contributed by atoms with van der Waals surface area (Å²) in [6.45, 7) is 1.09. The van der Waals surface area contributed by atoms with Gasteiger partial charge in [-0.25, -0.2) is 19.9 Å². The summed E-state index contributed by atoms with van der Waals surface area (Å²) in [5, 5.41) is 17.0. The predicted octanol–water partition coefficient (Wildman–Crippen LogP) is 4.51. The van der Waals surface area contributed by atoms with Crippen LogP contribution >= 0.6 is 0 Å². The molecule has 0 saturated heterocycles. The Balaban J connectivity index is 1.20. The number of fused-ring (bicyclic) bond motifs is 1. The Hall–Kier alpha value is -4.86. The number of para-hydroxylation sites is 2. The summed E-state index contributed by atoms with van der Waals surface area (Å²) in [6, 6.07) is 20.8. The van der Waals surface area contributed by atoms with Crippen molar-refractivity contribution in [3.05, 3.63) is 89.2 Å². The Labute approximate surface area is 194 Å². The van der Waals surface area contributed by atoms with Gasteiger partial charge >= 0.3 is 0 Å². The van der Waals surface area contributed by atoms with Gasteiger partial charge in [0.1, 0.15) is 17.8 Å². The first kappa shape index (κ1) is 21.0. The monoisotopic (exact) mass is 452 g/mol. The summed E-state index contributed by atoms with van der Waals surface area (Å²) in [7, 11) is 0. The van der Waals surface area contributed by atoms with Crippen molar-refractivity contribution in [2.24, 2.45) is 0 Å².